The molecule has 2 heterocycles. The fraction of sp³-hybridized carbons (Fsp3) is 0.250. The van der Waals surface area contributed by atoms with Crippen molar-refractivity contribution < 1.29 is 26.9 Å². The third kappa shape index (κ3) is 4.30. The molecule has 7 nitrogen and oxygen atoms in total. The fourth-order valence-electron chi connectivity index (χ4n) is 2.23. The standard InChI is InChI=1S/C16H13F4N5O2/c1-9(25-7-6-12(23-25)16(18,19)20)15-22-13(24-27-15)8-14(26)21-11-5-3-2-4-10(11)17/h2-7,9H,8H2,1H3,(H,21,26). The van der Waals surface area contributed by atoms with Crippen LogP contribution in [0.25, 0.3) is 0 Å². The molecule has 0 spiro atoms. The molecule has 3 rings (SSSR count). The van der Waals surface area contributed by atoms with Crippen molar-refractivity contribution in [2.45, 2.75) is 25.6 Å². The third-order valence-corrected chi connectivity index (χ3v) is 3.60. The lowest BCUT2D eigenvalue weighted by Crippen LogP contribution is -2.16. The quantitative estimate of drug-likeness (QED) is 0.684. The van der Waals surface area contributed by atoms with Gasteiger partial charge < -0.3 is 9.84 Å². The van der Waals surface area contributed by atoms with Gasteiger partial charge in [0.05, 0.1) is 12.1 Å². The van der Waals surface area contributed by atoms with Crippen molar-refractivity contribution in [1.82, 2.24) is 19.9 Å². The molecule has 142 valence electrons. The van der Waals surface area contributed by atoms with Crippen LogP contribution in [0.2, 0.25) is 0 Å². The van der Waals surface area contributed by atoms with Gasteiger partial charge in [0, 0.05) is 6.20 Å². The Morgan fingerprint density at radius 2 is 2.04 bits per heavy atom. The molecule has 0 aliphatic heterocycles. The number of nitrogens with zero attached hydrogens (tertiary/aromatic N) is 4. The van der Waals surface area contributed by atoms with E-state index < -0.39 is 29.6 Å². The topological polar surface area (TPSA) is 85.8 Å². The van der Waals surface area contributed by atoms with Gasteiger partial charge in [-0.15, -0.1) is 0 Å². The first-order valence-corrected chi connectivity index (χ1v) is 7.73. The van der Waals surface area contributed by atoms with E-state index in [0.29, 0.717) is 0 Å². The molecule has 0 aliphatic carbocycles. The maximum atomic E-state index is 13.5. The minimum Gasteiger partial charge on any atom is -0.337 e. The maximum absolute atomic E-state index is 13.5. The summed E-state index contributed by atoms with van der Waals surface area (Å²) in [6.45, 7) is 1.52. The lowest BCUT2D eigenvalue weighted by atomic mass is 10.3. The Morgan fingerprint density at radius 3 is 2.70 bits per heavy atom. The Kier molecular flexibility index (Phi) is 4.93. The van der Waals surface area contributed by atoms with Crippen LogP contribution in [0, 0.1) is 5.82 Å². The van der Waals surface area contributed by atoms with E-state index in [-0.39, 0.29) is 23.8 Å². The van der Waals surface area contributed by atoms with Gasteiger partial charge in [-0.05, 0) is 25.1 Å². The Labute approximate surface area is 150 Å². The molecule has 1 atom stereocenters. The summed E-state index contributed by atoms with van der Waals surface area (Å²) in [5.74, 6) is -1.17. The molecular weight excluding hydrogens is 370 g/mol. The molecule has 0 radical (unpaired) electrons. The normalized spacial score (nSPS) is 12.8. The van der Waals surface area contributed by atoms with Crippen LogP contribution in [-0.4, -0.2) is 25.8 Å². The highest BCUT2D eigenvalue weighted by molar-refractivity contribution is 5.91. The molecule has 0 saturated carbocycles. The molecule has 11 heteroatoms. The first-order chi connectivity index (χ1) is 12.7. The number of carbonyl (C=O) groups is 1. The van der Waals surface area contributed by atoms with Crippen LogP contribution in [0.1, 0.15) is 30.4 Å². The summed E-state index contributed by atoms with van der Waals surface area (Å²) >= 11 is 0. The molecule has 1 amide bonds. The summed E-state index contributed by atoms with van der Waals surface area (Å²) in [5, 5.41) is 9.43. The van der Waals surface area contributed by atoms with Gasteiger partial charge in [0.25, 0.3) is 5.89 Å². The summed E-state index contributed by atoms with van der Waals surface area (Å²) in [6, 6.07) is 5.70. The lowest BCUT2D eigenvalue weighted by Gasteiger charge is -2.07. The molecule has 0 bridgehead atoms. The largest absolute Gasteiger partial charge is 0.435 e. The number of hydrogen-bond acceptors (Lipinski definition) is 5. The van der Waals surface area contributed by atoms with E-state index in [0.717, 1.165) is 16.9 Å². The van der Waals surface area contributed by atoms with Gasteiger partial charge in [-0.3, -0.25) is 9.48 Å². The molecule has 0 aliphatic rings. The van der Waals surface area contributed by atoms with Crippen LogP contribution < -0.4 is 5.32 Å². The maximum Gasteiger partial charge on any atom is 0.435 e. The molecule has 1 aromatic carbocycles. The third-order valence-electron chi connectivity index (χ3n) is 3.60. The molecule has 3 aromatic rings. The Morgan fingerprint density at radius 1 is 1.30 bits per heavy atom. The molecule has 27 heavy (non-hydrogen) atoms. The number of carbonyl (C=O) groups excluding carboxylic acids is 1. The number of amides is 1. The van der Waals surface area contributed by atoms with Crippen molar-refractivity contribution in [1.29, 1.82) is 0 Å². The summed E-state index contributed by atoms with van der Waals surface area (Å²) in [4.78, 5) is 15.9. The van der Waals surface area contributed by atoms with Gasteiger partial charge in [0.15, 0.2) is 11.5 Å². The van der Waals surface area contributed by atoms with Gasteiger partial charge in [-0.2, -0.15) is 23.3 Å². The van der Waals surface area contributed by atoms with E-state index >= 15 is 0 Å². The molecule has 0 fully saturated rings. The van der Waals surface area contributed by atoms with Crippen molar-refractivity contribution in [2.75, 3.05) is 5.32 Å². The van der Waals surface area contributed by atoms with Gasteiger partial charge in [-0.25, -0.2) is 4.39 Å². The minimum atomic E-state index is -4.56. The van der Waals surface area contributed by atoms with Crippen LogP contribution in [0.4, 0.5) is 23.2 Å². The number of aromatic nitrogens is 4. The molecular formula is C16H13F4N5O2. The van der Waals surface area contributed by atoms with Crippen molar-refractivity contribution in [2.24, 2.45) is 0 Å². The molecule has 0 saturated heterocycles. The first kappa shape index (κ1) is 18.5. The van der Waals surface area contributed by atoms with Crippen molar-refractivity contribution in [3.8, 4) is 0 Å². The number of anilines is 1. The summed E-state index contributed by atoms with van der Waals surface area (Å²) in [6.07, 6.45) is -3.71. The van der Waals surface area contributed by atoms with Crippen molar-refractivity contribution in [3.63, 3.8) is 0 Å². The van der Waals surface area contributed by atoms with Crippen LogP contribution in [0.5, 0.6) is 0 Å². The number of hydrogen-bond donors (Lipinski definition) is 1. The monoisotopic (exact) mass is 383 g/mol. The second kappa shape index (κ2) is 7.17. The number of para-hydroxylation sites is 1. The zero-order valence-corrected chi connectivity index (χ0v) is 13.9. The van der Waals surface area contributed by atoms with Gasteiger partial charge >= 0.3 is 6.18 Å². The lowest BCUT2D eigenvalue weighted by molar-refractivity contribution is -0.141. The van der Waals surface area contributed by atoms with E-state index in [1.54, 1.807) is 6.07 Å². The number of nitrogens with one attached hydrogen (secondary N) is 1. The predicted molar refractivity (Wildman–Crippen MR) is 84.1 cm³/mol. The zero-order valence-electron chi connectivity index (χ0n) is 13.9. The summed E-state index contributed by atoms with van der Waals surface area (Å²) < 4.78 is 57.4. The second-order valence-electron chi connectivity index (χ2n) is 5.61. The average Bonchev–Trinajstić information content (AvgIpc) is 3.25. The smallest absolute Gasteiger partial charge is 0.337 e. The molecule has 2 aromatic heterocycles. The highest BCUT2D eigenvalue weighted by atomic mass is 19.4. The van der Waals surface area contributed by atoms with Crippen LogP contribution in [0.15, 0.2) is 41.1 Å². The number of alkyl halides is 3. The highest BCUT2D eigenvalue weighted by Crippen LogP contribution is 2.28. The first-order valence-electron chi connectivity index (χ1n) is 7.73. The Bertz CT molecular complexity index is 950. The van der Waals surface area contributed by atoms with Gasteiger partial charge in [0.2, 0.25) is 5.91 Å². The van der Waals surface area contributed by atoms with E-state index in [9.17, 15) is 22.4 Å². The predicted octanol–water partition coefficient (Wildman–Crippen LogP) is 3.21. The van der Waals surface area contributed by atoms with E-state index in [1.807, 2.05) is 0 Å². The second-order valence-corrected chi connectivity index (χ2v) is 5.61. The van der Waals surface area contributed by atoms with Gasteiger partial charge in [0.1, 0.15) is 11.9 Å². The van der Waals surface area contributed by atoms with E-state index in [4.69, 9.17) is 4.52 Å². The SMILES string of the molecule is CC(c1nc(CC(=O)Nc2ccccc2F)no1)n1ccc(C(F)(F)F)n1. The van der Waals surface area contributed by atoms with Crippen LogP contribution in [0.3, 0.4) is 0 Å². The van der Waals surface area contributed by atoms with Crippen molar-refractivity contribution in [3.05, 3.63) is 59.8 Å². The Hall–Kier alpha value is -3.24. The average molecular weight is 383 g/mol. The Balaban J connectivity index is 1.66. The molecule has 1 N–H and O–H groups in total. The van der Waals surface area contributed by atoms with Crippen LogP contribution in [-0.2, 0) is 17.4 Å². The van der Waals surface area contributed by atoms with E-state index in [1.165, 1.54) is 25.1 Å². The fourth-order valence-corrected chi connectivity index (χ4v) is 2.23. The van der Waals surface area contributed by atoms with E-state index in [2.05, 4.69) is 20.6 Å². The summed E-state index contributed by atoms with van der Waals surface area (Å²) in [7, 11) is 0. The van der Waals surface area contributed by atoms with Crippen LogP contribution >= 0.6 is 0 Å². The van der Waals surface area contributed by atoms with Crippen molar-refractivity contribution >= 4 is 11.6 Å². The minimum absolute atomic E-state index is 0.00823. The number of halogens is 4. The van der Waals surface area contributed by atoms with Gasteiger partial charge in [-0.1, -0.05) is 17.3 Å². The number of benzene rings is 1. The highest BCUT2D eigenvalue weighted by Gasteiger charge is 2.34. The number of rotatable bonds is 5. The zero-order chi connectivity index (χ0) is 19.6. The summed E-state index contributed by atoms with van der Waals surface area (Å²) in [5.41, 5.74) is -1.03. The molecule has 1 unspecified atom stereocenters.